The lowest BCUT2D eigenvalue weighted by Crippen LogP contribution is -2.45. The van der Waals surface area contributed by atoms with E-state index >= 15 is 0 Å². The van der Waals surface area contributed by atoms with Gasteiger partial charge in [0.1, 0.15) is 11.7 Å². The lowest BCUT2D eigenvalue weighted by atomic mass is 9.88. The summed E-state index contributed by atoms with van der Waals surface area (Å²) >= 11 is 5.93. The third kappa shape index (κ3) is 4.44. The number of carbonyl (C=O) groups excluding carboxylic acids is 3. The number of amides is 2. The third-order valence-corrected chi connectivity index (χ3v) is 6.45. The minimum atomic E-state index is -0.649. The summed E-state index contributed by atoms with van der Waals surface area (Å²) < 4.78 is 5.14. The number of carbonyl (C=O) groups is 3. The number of anilines is 1. The van der Waals surface area contributed by atoms with Gasteiger partial charge in [-0.15, -0.1) is 0 Å². The number of hydrogen-bond donors (Lipinski definition) is 0. The van der Waals surface area contributed by atoms with Crippen LogP contribution in [0, 0.1) is 11.8 Å². The molecule has 2 aromatic rings. The van der Waals surface area contributed by atoms with E-state index in [9.17, 15) is 14.4 Å². The molecule has 2 heterocycles. The number of hydrogen-bond acceptors (Lipinski definition) is 4. The normalized spacial score (nSPS) is 19.5. The SMILES string of the molecule is COc1ccc(C(=O)C2CCN(C(=O)C3CCN(c4ccc(Cl)cc4)C3=O)CC2)cc1. The number of piperidine rings is 1. The van der Waals surface area contributed by atoms with Gasteiger partial charge < -0.3 is 14.5 Å². The number of rotatable bonds is 5. The van der Waals surface area contributed by atoms with Crippen LogP contribution in [0.4, 0.5) is 5.69 Å². The number of ether oxygens (including phenoxy) is 1. The van der Waals surface area contributed by atoms with E-state index in [1.54, 1.807) is 65.4 Å². The zero-order chi connectivity index (χ0) is 22.0. The number of benzene rings is 2. The highest BCUT2D eigenvalue weighted by molar-refractivity contribution is 6.30. The average molecular weight is 441 g/mol. The molecule has 1 unspecified atom stereocenters. The quantitative estimate of drug-likeness (QED) is 0.523. The first kappa shape index (κ1) is 21.4. The van der Waals surface area contributed by atoms with Crippen molar-refractivity contribution in [1.29, 1.82) is 0 Å². The average Bonchev–Trinajstić information content (AvgIpc) is 3.20. The van der Waals surface area contributed by atoms with Gasteiger partial charge in [0.25, 0.3) is 0 Å². The second-order valence-corrected chi connectivity index (χ2v) is 8.44. The van der Waals surface area contributed by atoms with Crippen LogP contribution in [-0.4, -0.2) is 49.2 Å². The molecule has 2 aliphatic rings. The summed E-state index contributed by atoms with van der Waals surface area (Å²) in [5.74, 6) is -0.237. The molecule has 0 aliphatic carbocycles. The number of likely N-dealkylation sites (tertiary alicyclic amines) is 1. The van der Waals surface area contributed by atoms with Gasteiger partial charge in [-0.1, -0.05) is 11.6 Å². The maximum Gasteiger partial charge on any atom is 0.239 e. The molecule has 162 valence electrons. The monoisotopic (exact) mass is 440 g/mol. The van der Waals surface area contributed by atoms with E-state index in [1.807, 2.05) is 0 Å². The van der Waals surface area contributed by atoms with Crippen molar-refractivity contribution in [3.8, 4) is 5.75 Å². The van der Waals surface area contributed by atoms with Gasteiger partial charge in [0.15, 0.2) is 5.78 Å². The summed E-state index contributed by atoms with van der Waals surface area (Å²) in [5, 5.41) is 0.607. The van der Waals surface area contributed by atoms with Gasteiger partial charge in [0, 0.05) is 41.8 Å². The molecule has 1 atom stereocenters. The highest BCUT2D eigenvalue weighted by Crippen LogP contribution is 2.29. The number of ketones is 1. The fraction of sp³-hybridized carbons (Fsp3) is 0.375. The van der Waals surface area contributed by atoms with Crippen molar-refractivity contribution in [2.75, 3.05) is 31.6 Å². The summed E-state index contributed by atoms with van der Waals surface area (Å²) in [6, 6.07) is 14.2. The van der Waals surface area contributed by atoms with Gasteiger partial charge in [-0.3, -0.25) is 14.4 Å². The van der Waals surface area contributed by atoms with Crippen molar-refractivity contribution in [3.63, 3.8) is 0 Å². The fourth-order valence-corrected chi connectivity index (χ4v) is 4.49. The van der Waals surface area contributed by atoms with Crippen molar-refractivity contribution in [3.05, 3.63) is 59.1 Å². The Morgan fingerprint density at radius 1 is 0.935 bits per heavy atom. The lowest BCUT2D eigenvalue weighted by Gasteiger charge is -2.32. The first-order valence-electron chi connectivity index (χ1n) is 10.5. The molecule has 2 amide bonds. The summed E-state index contributed by atoms with van der Waals surface area (Å²) in [6.07, 6.45) is 1.72. The Morgan fingerprint density at radius 2 is 1.58 bits per heavy atom. The van der Waals surface area contributed by atoms with E-state index in [2.05, 4.69) is 0 Å². The number of methoxy groups -OCH3 is 1. The Bertz CT molecular complexity index is 966. The molecule has 31 heavy (non-hydrogen) atoms. The molecule has 2 aliphatic heterocycles. The van der Waals surface area contributed by atoms with Crippen LogP contribution >= 0.6 is 11.6 Å². The first-order chi connectivity index (χ1) is 15.0. The maximum absolute atomic E-state index is 13.0. The molecule has 2 saturated heterocycles. The van der Waals surface area contributed by atoms with E-state index in [4.69, 9.17) is 16.3 Å². The van der Waals surface area contributed by atoms with Crippen molar-refractivity contribution in [2.24, 2.45) is 11.8 Å². The Balaban J connectivity index is 1.34. The molecule has 0 saturated carbocycles. The number of Topliss-reactive ketones (excluding diaryl/α,β-unsaturated/α-hetero) is 1. The topological polar surface area (TPSA) is 66.9 Å². The summed E-state index contributed by atoms with van der Waals surface area (Å²) in [5.41, 5.74) is 1.42. The molecular formula is C24H25ClN2O4. The molecule has 0 bridgehead atoms. The van der Waals surface area contributed by atoms with E-state index in [1.165, 1.54) is 0 Å². The van der Waals surface area contributed by atoms with Crippen molar-refractivity contribution in [2.45, 2.75) is 19.3 Å². The summed E-state index contributed by atoms with van der Waals surface area (Å²) in [7, 11) is 1.59. The van der Waals surface area contributed by atoms with Crippen LogP contribution in [0.5, 0.6) is 5.75 Å². The Hall–Kier alpha value is -2.86. The molecule has 0 radical (unpaired) electrons. The number of halogens is 1. The molecule has 2 aromatic carbocycles. The van der Waals surface area contributed by atoms with Crippen LogP contribution < -0.4 is 9.64 Å². The van der Waals surface area contributed by atoms with Gasteiger partial charge in [0.05, 0.1) is 7.11 Å². The highest BCUT2D eigenvalue weighted by Gasteiger charge is 2.40. The molecule has 0 spiro atoms. The van der Waals surface area contributed by atoms with Gasteiger partial charge in [-0.2, -0.15) is 0 Å². The van der Waals surface area contributed by atoms with E-state index in [0.717, 1.165) is 5.69 Å². The Kier molecular flexibility index (Phi) is 6.28. The van der Waals surface area contributed by atoms with E-state index in [-0.39, 0.29) is 23.5 Å². The van der Waals surface area contributed by atoms with Crippen LogP contribution in [0.25, 0.3) is 0 Å². The zero-order valence-electron chi connectivity index (χ0n) is 17.4. The highest BCUT2D eigenvalue weighted by atomic mass is 35.5. The largest absolute Gasteiger partial charge is 0.497 e. The zero-order valence-corrected chi connectivity index (χ0v) is 18.2. The van der Waals surface area contributed by atoms with E-state index < -0.39 is 5.92 Å². The maximum atomic E-state index is 13.0. The summed E-state index contributed by atoms with van der Waals surface area (Å²) in [4.78, 5) is 42.1. The second-order valence-electron chi connectivity index (χ2n) is 8.00. The minimum Gasteiger partial charge on any atom is -0.497 e. The molecule has 7 heteroatoms. The van der Waals surface area contributed by atoms with Crippen molar-refractivity contribution >= 4 is 34.9 Å². The minimum absolute atomic E-state index is 0.0978. The molecular weight excluding hydrogens is 416 g/mol. The van der Waals surface area contributed by atoms with Crippen molar-refractivity contribution in [1.82, 2.24) is 4.90 Å². The Morgan fingerprint density at radius 3 is 2.19 bits per heavy atom. The van der Waals surface area contributed by atoms with Gasteiger partial charge in [-0.25, -0.2) is 0 Å². The van der Waals surface area contributed by atoms with Gasteiger partial charge in [0.2, 0.25) is 11.8 Å². The van der Waals surface area contributed by atoms with Crippen LogP contribution in [0.2, 0.25) is 5.02 Å². The first-order valence-corrected chi connectivity index (χ1v) is 10.9. The predicted octanol–water partition coefficient (Wildman–Crippen LogP) is 3.82. The second kappa shape index (κ2) is 9.10. The molecule has 2 fully saturated rings. The molecule has 0 N–H and O–H groups in total. The molecule has 4 rings (SSSR count). The smallest absolute Gasteiger partial charge is 0.239 e. The number of nitrogens with zero attached hydrogens (tertiary/aromatic N) is 2. The van der Waals surface area contributed by atoms with E-state index in [0.29, 0.717) is 55.2 Å². The lowest BCUT2D eigenvalue weighted by molar-refractivity contribution is -0.140. The van der Waals surface area contributed by atoms with Crippen molar-refractivity contribution < 1.29 is 19.1 Å². The third-order valence-electron chi connectivity index (χ3n) is 6.19. The van der Waals surface area contributed by atoms with Crippen LogP contribution in [0.3, 0.4) is 0 Å². The van der Waals surface area contributed by atoms with Gasteiger partial charge >= 0.3 is 0 Å². The summed E-state index contributed by atoms with van der Waals surface area (Å²) in [6.45, 7) is 1.51. The Labute approximate surface area is 186 Å². The predicted molar refractivity (Wildman–Crippen MR) is 119 cm³/mol. The van der Waals surface area contributed by atoms with Gasteiger partial charge in [-0.05, 0) is 67.8 Å². The van der Waals surface area contributed by atoms with Crippen LogP contribution in [0.1, 0.15) is 29.6 Å². The fourth-order valence-electron chi connectivity index (χ4n) is 4.36. The molecule has 0 aromatic heterocycles. The standard InChI is InChI=1S/C24H25ClN2O4/c1-31-20-8-2-16(3-9-20)22(28)17-10-13-26(14-11-17)23(29)21-12-15-27(24(21)30)19-6-4-18(25)5-7-19/h2-9,17,21H,10-15H2,1H3. The molecule has 6 nitrogen and oxygen atoms in total. The van der Waals surface area contributed by atoms with Crippen LogP contribution in [-0.2, 0) is 9.59 Å². The van der Waals surface area contributed by atoms with Crippen LogP contribution in [0.15, 0.2) is 48.5 Å².